The van der Waals surface area contributed by atoms with Crippen molar-refractivity contribution < 1.29 is 9.59 Å². The van der Waals surface area contributed by atoms with Crippen LogP contribution in [0.25, 0.3) is 0 Å². The summed E-state index contributed by atoms with van der Waals surface area (Å²) in [6, 6.07) is 9.13. The maximum atomic E-state index is 12.1. The van der Waals surface area contributed by atoms with Gasteiger partial charge in [0.1, 0.15) is 0 Å². The first kappa shape index (κ1) is 17.0. The highest BCUT2D eigenvalue weighted by Gasteiger charge is 2.31. The van der Waals surface area contributed by atoms with Gasteiger partial charge < -0.3 is 15.5 Å². The van der Waals surface area contributed by atoms with Crippen molar-refractivity contribution in [1.29, 1.82) is 0 Å². The molecule has 7 heteroatoms. The van der Waals surface area contributed by atoms with E-state index in [0.29, 0.717) is 19.5 Å². The molecule has 0 radical (unpaired) electrons. The number of carbonyl (C=O) groups excluding carboxylic acids is 2. The lowest BCUT2D eigenvalue weighted by Gasteiger charge is -2.17. The minimum absolute atomic E-state index is 0.0342. The number of nitrogens with one attached hydrogen (secondary N) is 3. The zero-order valence-electron chi connectivity index (χ0n) is 14.3. The highest BCUT2D eigenvalue weighted by Crippen LogP contribution is 2.20. The number of benzene rings is 1. The molecule has 1 saturated heterocycles. The first-order chi connectivity index (χ1) is 12.1. The fourth-order valence-corrected chi connectivity index (χ4v) is 3.01. The van der Waals surface area contributed by atoms with E-state index in [1.807, 2.05) is 43.5 Å². The Bertz CT molecular complexity index is 728. The van der Waals surface area contributed by atoms with Gasteiger partial charge in [0.15, 0.2) is 0 Å². The molecule has 2 aromatic rings. The van der Waals surface area contributed by atoms with Crippen molar-refractivity contribution in [2.45, 2.75) is 32.2 Å². The quantitative estimate of drug-likeness (QED) is 0.699. The van der Waals surface area contributed by atoms with E-state index in [1.165, 1.54) is 5.56 Å². The Morgan fingerprint density at radius 2 is 2.16 bits per heavy atom. The zero-order chi connectivity index (χ0) is 17.6. The molecule has 1 aliphatic heterocycles. The first-order valence-corrected chi connectivity index (χ1v) is 8.52. The summed E-state index contributed by atoms with van der Waals surface area (Å²) in [6.45, 7) is 3.07. The van der Waals surface area contributed by atoms with E-state index in [4.69, 9.17) is 0 Å². The van der Waals surface area contributed by atoms with Crippen molar-refractivity contribution in [2.75, 3.05) is 18.0 Å². The van der Waals surface area contributed by atoms with Crippen LogP contribution in [0.2, 0.25) is 0 Å². The number of H-pyrrole nitrogens is 1. The monoisotopic (exact) mass is 341 g/mol. The predicted molar refractivity (Wildman–Crippen MR) is 95.4 cm³/mol. The molecule has 0 aliphatic carbocycles. The van der Waals surface area contributed by atoms with Crippen LogP contribution in [-0.4, -0.2) is 41.3 Å². The number of amides is 3. The molecule has 3 amide bonds. The normalized spacial score (nSPS) is 16.9. The third kappa shape index (κ3) is 4.37. The van der Waals surface area contributed by atoms with E-state index in [-0.39, 0.29) is 18.0 Å². The average Bonchev–Trinajstić information content (AvgIpc) is 3.18. The summed E-state index contributed by atoms with van der Waals surface area (Å²) in [4.78, 5) is 25.9. The Balaban J connectivity index is 1.40. The van der Waals surface area contributed by atoms with Crippen LogP contribution in [0.1, 0.15) is 24.1 Å². The third-order valence-electron chi connectivity index (χ3n) is 4.37. The second kappa shape index (κ2) is 7.83. The SMILES string of the molecule is Cc1[nH]ncc1CCCNC(=O)NC1CC(=O)N(c2ccccc2)C1. The van der Waals surface area contributed by atoms with E-state index in [2.05, 4.69) is 20.8 Å². The number of hydrogen-bond donors (Lipinski definition) is 3. The summed E-state index contributed by atoms with van der Waals surface area (Å²) >= 11 is 0. The van der Waals surface area contributed by atoms with Crippen LogP contribution < -0.4 is 15.5 Å². The highest BCUT2D eigenvalue weighted by atomic mass is 16.2. The molecule has 0 bridgehead atoms. The molecule has 25 heavy (non-hydrogen) atoms. The molecule has 2 heterocycles. The van der Waals surface area contributed by atoms with E-state index in [9.17, 15) is 9.59 Å². The maximum absolute atomic E-state index is 12.1. The Morgan fingerprint density at radius 1 is 1.36 bits per heavy atom. The molecule has 7 nitrogen and oxygen atoms in total. The molecule has 1 unspecified atom stereocenters. The third-order valence-corrected chi connectivity index (χ3v) is 4.37. The number of urea groups is 1. The molecular weight excluding hydrogens is 318 g/mol. The largest absolute Gasteiger partial charge is 0.338 e. The van der Waals surface area contributed by atoms with Crippen molar-refractivity contribution in [3.05, 3.63) is 47.8 Å². The van der Waals surface area contributed by atoms with Crippen molar-refractivity contribution in [1.82, 2.24) is 20.8 Å². The van der Waals surface area contributed by atoms with Gasteiger partial charge in [-0.25, -0.2) is 4.79 Å². The van der Waals surface area contributed by atoms with Gasteiger partial charge in [0, 0.05) is 30.9 Å². The van der Waals surface area contributed by atoms with Crippen molar-refractivity contribution in [3.63, 3.8) is 0 Å². The van der Waals surface area contributed by atoms with Gasteiger partial charge in [-0.05, 0) is 37.5 Å². The van der Waals surface area contributed by atoms with Crippen LogP contribution in [0.3, 0.4) is 0 Å². The summed E-state index contributed by atoms with van der Waals surface area (Å²) in [5, 5.41) is 12.6. The molecule has 1 aromatic carbocycles. The van der Waals surface area contributed by atoms with Gasteiger partial charge in [0.25, 0.3) is 0 Å². The van der Waals surface area contributed by atoms with Crippen LogP contribution in [-0.2, 0) is 11.2 Å². The predicted octanol–water partition coefficient (Wildman–Crippen LogP) is 1.76. The molecular formula is C18H23N5O2. The number of rotatable bonds is 6. The summed E-state index contributed by atoms with van der Waals surface area (Å²) in [7, 11) is 0. The first-order valence-electron chi connectivity index (χ1n) is 8.52. The number of aromatic nitrogens is 2. The molecule has 1 fully saturated rings. The summed E-state index contributed by atoms with van der Waals surface area (Å²) in [5.41, 5.74) is 3.10. The van der Waals surface area contributed by atoms with Crippen molar-refractivity contribution in [2.24, 2.45) is 0 Å². The number of para-hydroxylation sites is 1. The number of carbonyl (C=O) groups is 2. The fourth-order valence-electron chi connectivity index (χ4n) is 3.01. The summed E-state index contributed by atoms with van der Waals surface area (Å²) in [6.07, 6.45) is 3.86. The Kier molecular flexibility index (Phi) is 5.33. The van der Waals surface area contributed by atoms with Crippen LogP contribution >= 0.6 is 0 Å². The Morgan fingerprint density at radius 3 is 2.88 bits per heavy atom. The van der Waals surface area contributed by atoms with Crippen LogP contribution in [0.4, 0.5) is 10.5 Å². The molecule has 1 aromatic heterocycles. The lowest BCUT2D eigenvalue weighted by molar-refractivity contribution is -0.117. The highest BCUT2D eigenvalue weighted by molar-refractivity contribution is 5.96. The summed E-state index contributed by atoms with van der Waals surface area (Å²) in [5.74, 6) is 0.0342. The van der Waals surface area contributed by atoms with Gasteiger partial charge in [-0.3, -0.25) is 9.89 Å². The van der Waals surface area contributed by atoms with Gasteiger partial charge in [0.2, 0.25) is 5.91 Å². The second-order valence-electron chi connectivity index (χ2n) is 6.26. The molecule has 3 rings (SSSR count). The number of aryl methyl sites for hydroxylation is 2. The summed E-state index contributed by atoms with van der Waals surface area (Å²) < 4.78 is 0. The molecule has 1 aliphatic rings. The number of aromatic amines is 1. The number of nitrogens with zero attached hydrogens (tertiary/aromatic N) is 2. The second-order valence-corrected chi connectivity index (χ2v) is 6.26. The standard InChI is InChI=1S/C18H23N5O2/c1-13-14(11-20-22-13)6-5-9-19-18(25)21-15-10-17(24)23(12-15)16-7-3-2-4-8-16/h2-4,7-8,11,15H,5-6,9-10,12H2,1H3,(H,20,22)(H2,19,21,25). The lowest BCUT2D eigenvalue weighted by atomic mass is 10.1. The molecule has 1 atom stereocenters. The van der Waals surface area contributed by atoms with E-state index in [1.54, 1.807) is 4.90 Å². The average molecular weight is 341 g/mol. The smallest absolute Gasteiger partial charge is 0.315 e. The minimum atomic E-state index is -0.225. The van der Waals surface area contributed by atoms with E-state index in [0.717, 1.165) is 24.2 Å². The van der Waals surface area contributed by atoms with Crippen LogP contribution in [0, 0.1) is 6.92 Å². The Hall–Kier alpha value is -2.83. The molecule has 3 N–H and O–H groups in total. The van der Waals surface area contributed by atoms with Gasteiger partial charge in [-0.2, -0.15) is 5.10 Å². The number of hydrogen-bond acceptors (Lipinski definition) is 3. The number of anilines is 1. The zero-order valence-corrected chi connectivity index (χ0v) is 14.3. The molecule has 0 saturated carbocycles. The topological polar surface area (TPSA) is 90.1 Å². The maximum Gasteiger partial charge on any atom is 0.315 e. The van der Waals surface area contributed by atoms with Crippen molar-refractivity contribution in [3.8, 4) is 0 Å². The van der Waals surface area contributed by atoms with Gasteiger partial charge >= 0.3 is 6.03 Å². The molecule has 132 valence electrons. The van der Waals surface area contributed by atoms with E-state index >= 15 is 0 Å². The van der Waals surface area contributed by atoms with Crippen LogP contribution in [0.5, 0.6) is 0 Å². The minimum Gasteiger partial charge on any atom is -0.338 e. The fraction of sp³-hybridized carbons (Fsp3) is 0.389. The van der Waals surface area contributed by atoms with Crippen molar-refractivity contribution >= 4 is 17.6 Å². The Labute approximate surface area is 146 Å². The van der Waals surface area contributed by atoms with E-state index < -0.39 is 0 Å². The van der Waals surface area contributed by atoms with Gasteiger partial charge in [-0.1, -0.05) is 18.2 Å². The van der Waals surface area contributed by atoms with Crippen LogP contribution in [0.15, 0.2) is 36.5 Å². The van der Waals surface area contributed by atoms with Gasteiger partial charge in [0.05, 0.1) is 12.2 Å². The molecule has 0 spiro atoms. The van der Waals surface area contributed by atoms with Gasteiger partial charge in [-0.15, -0.1) is 0 Å². The lowest BCUT2D eigenvalue weighted by Crippen LogP contribution is -2.43.